The van der Waals surface area contributed by atoms with E-state index in [1.165, 1.54) is 22.5 Å². The number of rotatable bonds is 7. The van der Waals surface area contributed by atoms with Gasteiger partial charge in [0, 0.05) is 19.1 Å². The van der Waals surface area contributed by atoms with Gasteiger partial charge in [-0.3, -0.25) is 4.79 Å². The van der Waals surface area contributed by atoms with E-state index in [1.807, 2.05) is 13.8 Å². The van der Waals surface area contributed by atoms with E-state index in [9.17, 15) is 18.0 Å². The molecule has 1 heterocycles. The lowest BCUT2D eigenvalue weighted by molar-refractivity contribution is -0.124. The van der Waals surface area contributed by atoms with Gasteiger partial charge >= 0.3 is 5.97 Å². The van der Waals surface area contributed by atoms with Crippen LogP contribution < -0.4 is 5.32 Å². The van der Waals surface area contributed by atoms with Crippen LogP contribution in [-0.4, -0.2) is 62.5 Å². The van der Waals surface area contributed by atoms with E-state index < -0.39 is 28.5 Å². The molecule has 1 aliphatic heterocycles. The van der Waals surface area contributed by atoms with E-state index in [2.05, 4.69) is 5.32 Å². The molecule has 1 saturated heterocycles. The van der Waals surface area contributed by atoms with Crippen LogP contribution in [0.4, 0.5) is 0 Å². The van der Waals surface area contributed by atoms with Crippen LogP contribution in [0.25, 0.3) is 0 Å². The monoisotopic (exact) mass is 446 g/mol. The van der Waals surface area contributed by atoms with Crippen molar-refractivity contribution in [3.8, 4) is 0 Å². The van der Waals surface area contributed by atoms with Gasteiger partial charge in [-0.05, 0) is 45.4 Å². The molecule has 1 N–H and O–H groups in total. The number of halogens is 1. The number of morpholine rings is 1. The van der Waals surface area contributed by atoms with Gasteiger partial charge in [-0.2, -0.15) is 4.31 Å². The normalized spacial score (nSPS) is 21.4. The summed E-state index contributed by atoms with van der Waals surface area (Å²) in [7, 11) is -3.93. The van der Waals surface area contributed by atoms with Crippen molar-refractivity contribution in [2.45, 2.75) is 57.3 Å². The van der Waals surface area contributed by atoms with Crippen LogP contribution in [0.2, 0.25) is 5.02 Å². The van der Waals surface area contributed by atoms with Crippen LogP contribution in [0.1, 0.15) is 44.5 Å². The molecule has 1 aliphatic rings. The predicted molar refractivity (Wildman–Crippen MR) is 108 cm³/mol. The molecule has 0 saturated carbocycles. The first-order chi connectivity index (χ1) is 13.5. The highest BCUT2D eigenvalue weighted by Gasteiger charge is 2.34. The number of hydrogen-bond donors (Lipinski definition) is 1. The van der Waals surface area contributed by atoms with E-state index in [0.29, 0.717) is 0 Å². The SMILES string of the molecule is CC[C@H](C)NC(=O)COC(=O)c1ccc(Cl)c(S(=O)(=O)N2C[C@@H](C)O[C@@H](C)C2)c1. The van der Waals surface area contributed by atoms with Crippen molar-refractivity contribution < 1.29 is 27.5 Å². The molecule has 0 bridgehead atoms. The second-order valence-corrected chi connectivity index (χ2v) is 9.49. The zero-order valence-electron chi connectivity index (χ0n) is 17.0. The van der Waals surface area contributed by atoms with Crippen molar-refractivity contribution in [3.05, 3.63) is 28.8 Å². The predicted octanol–water partition coefficient (Wildman–Crippen LogP) is 2.21. The third-order valence-electron chi connectivity index (χ3n) is 4.52. The first-order valence-corrected chi connectivity index (χ1v) is 11.3. The maximum absolute atomic E-state index is 13.1. The molecule has 8 nitrogen and oxygen atoms in total. The highest BCUT2D eigenvalue weighted by atomic mass is 35.5. The Labute approximate surface area is 176 Å². The molecule has 29 heavy (non-hydrogen) atoms. The Balaban J connectivity index is 2.16. The first-order valence-electron chi connectivity index (χ1n) is 9.46. The van der Waals surface area contributed by atoms with Gasteiger partial charge in [0.05, 0.1) is 22.8 Å². The zero-order chi connectivity index (χ0) is 21.8. The minimum Gasteiger partial charge on any atom is -0.452 e. The maximum atomic E-state index is 13.1. The summed E-state index contributed by atoms with van der Waals surface area (Å²) in [5.41, 5.74) is -0.00123. The molecule has 0 unspecified atom stereocenters. The van der Waals surface area contributed by atoms with Crippen molar-refractivity contribution in [3.63, 3.8) is 0 Å². The smallest absolute Gasteiger partial charge is 0.338 e. The Kier molecular flexibility index (Phi) is 8.04. The van der Waals surface area contributed by atoms with E-state index in [-0.39, 0.29) is 46.8 Å². The number of nitrogens with zero attached hydrogens (tertiary/aromatic N) is 1. The molecule has 1 fully saturated rings. The standard InChI is InChI=1S/C19H27ClN2O6S/c1-5-12(2)21-18(23)11-27-19(24)15-6-7-16(20)17(8-15)29(25,26)22-9-13(3)28-14(4)10-22/h6-8,12-14H,5,9-11H2,1-4H3,(H,21,23)/t12-,13-,14+/m0/s1. The van der Waals surface area contributed by atoms with E-state index in [4.69, 9.17) is 21.1 Å². The summed E-state index contributed by atoms with van der Waals surface area (Å²) in [4.78, 5) is 23.9. The topological polar surface area (TPSA) is 102 Å². The Bertz CT molecular complexity index is 850. The molecule has 0 radical (unpaired) electrons. The number of nitrogens with one attached hydrogen (secondary N) is 1. The number of carbonyl (C=O) groups excluding carboxylic acids is 2. The molecule has 1 aromatic carbocycles. The van der Waals surface area contributed by atoms with Crippen molar-refractivity contribution in [2.75, 3.05) is 19.7 Å². The Morgan fingerprint density at radius 2 is 1.93 bits per heavy atom. The number of esters is 1. The van der Waals surface area contributed by atoms with Crippen molar-refractivity contribution in [2.24, 2.45) is 0 Å². The number of hydrogen-bond acceptors (Lipinski definition) is 6. The summed E-state index contributed by atoms with van der Waals surface area (Å²) in [5, 5.41) is 2.68. The molecule has 10 heteroatoms. The second kappa shape index (κ2) is 9.88. The maximum Gasteiger partial charge on any atom is 0.338 e. The first kappa shape index (κ1) is 23.6. The van der Waals surface area contributed by atoms with Gasteiger partial charge in [0.2, 0.25) is 10.0 Å². The van der Waals surface area contributed by atoms with Gasteiger partial charge in [-0.15, -0.1) is 0 Å². The lowest BCUT2D eigenvalue weighted by Gasteiger charge is -2.34. The average molecular weight is 447 g/mol. The summed E-state index contributed by atoms with van der Waals surface area (Å²) in [6, 6.07) is 3.84. The number of carbonyl (C=O) groups is 2. The number of amides is 1. The molecule has 0 aliphatic carbocycles. The van der Waals surface area contributed by atoms with E-state index in [0.717, 1.165) is 6.42 Å². The summed E-state index contributed by atoms with van der Waals surface area (Å²) in [6.07, 6.45) is 0.227. The van der Waals surface area contributed by atoms with Crippen molar-refractivity contribution in [1.29, 1.82) is 0 Å². The highest BCUT2D eigenvalue weighted by molar-refractivity contribution is 7.89. The number of ether oxygens (including phenoxy) is 2. The lowest BCUT2D eigenvalue weighted by atomic mass is 10.2. The average Bonchev–Trinajstić information content (AvgIpc) is 2.65. The third kappa shape index (κ3) is 6.15. The summed E-state index contributed by atoms with van der Waals surface area (Å²) < 4.78 is 38.0. The fourth-order valence-electron chi connectivity index (χ4n) is 2.93. The molecule has 1 aromatic rings. The molecular formula is C19H27ClN2O6S. The zero-order valence-corrected chi connectivity index (χ0v) is 18.5. The van der Waals surface area contributed by atoms with Crippen molar-refractivity contribution in [1.82, 2.24) is 9.62 Å². The van der Waals surface area contributed by atoms with E-state index >= 15 is 0 Å². The largest absolute Gasteiger partial charge is 0.452 e. The van der Waals surface area contributed by atoms with Crippen LogP contribution >= 0.6 is 11.6 Å². The molecule has 0 spiro atoms. The van der Waals surface area contributed by atoms with E-state index in [1.54, 1.807) is 13.8 Å². The van der Waals surface area contributed by atoms with Gasteiger partial charge < -0.3 is 14.8 Å². The van der Waals surface area contributed by atoms with Gasteiger partial charge in [-0.1, -0.05) is 18.5 Å². The van der Waals surface area contributed by atoms with Gasteiger partial charge in [0.1, 0.15) is 4.90 Å². The fraction of sp³-hybridized carbons (Fsp3) is 0.579. The van der Waals surface area contributed by atoms with Gasteiger partial charge in [0.25, 0.3) is 5.91 Å². The molecule has 1 amide bonds. The van der Waals surface area contributed by atoms with Gasteiger partial charge in [-0.25, -0.2) is 13.2 Å². The fourth-order valence-corrected chi connectivity index (χ4v) is 5.02. The van der Waals surface area contributed by atoms with Gasteiger partial charge in [0.15, 0.2) is 6.61 Å². The third-order valence-corrected chi connectivity index (χ3v) is 6.84. The highest BCUT2D eigenvalue weighted by Crippen LogP contribution is 2.28. The minimum atomic E-state index is -3.93. The lowest BCUT2D eigenvalue weighted by Crippen LogP contribution is -2.48. The summed E-state index contributed by atoms with van der Waals surface area (Å²) in [5.74, 6) is -1.23. The Morgan fingerprint density at radius 3 is 2.52 bits per heavy atom. The van der Waals surface area contributed by atoms with Crippen molar-refractivity contribution >= 4 is 33.5 Å². The summed E-state index contributed by atoms with van der Waals surface area (Å²) in [6.45, 7) is 7.26. The minimum absolute atomic E-state index is 0.00123. The Hall–Kier alpha value is -1.68. The van der Waals surface area contributed by atoms with Crippen LogP contribution in [0.3, 0.4) is 0 Å². The molecule has 162 valence electrons. The van der Waals surface area contributed by atoms with Crippen LogP contribution in [0.15, 0.2) is 23.1 Å². The second-order valence-electron chi connectivity index (χ2n) is 7.18. The Morgan fingerprint density at radius 1 is 1.31 bits per heavy atom. The molecular weight excluding hydrogens is 420 g/mol. The number of sulfonamides is 1. The quantitative estimate of drug-likeness (QED) is 0.644. The van der Waals surface area contributed by atoms with Crippen LogP contribution in [0, 0.1) is 0 Å². The molecule has 3 atom stereocenters. The number of benzene rings is 1. The van der Waals surface area contributed by atoms with Crippen LogP contribution in [-0.2, 0) is 24.3 Å². The van der Waals surface area contributed by atoms with Crippen LogP contribution in [0.5, 0.6) is 0 Å². The molecule has 2 rings (SSSR count). The summed E-state index contributed by atoms with van der Waals surface area (Å²) >= 11 is 6.12. The molecule has 0 aromatic heterocycles.